The zero-order chi connectivity index (χ0) is 10.3. The van der Waals surface area contributed by atoms with Gasteiger partial charge in [0.1, 0.15) is 5.75 Å². The van der Waals surface area contributed by atoms with Crippen LogP contribution in [0.4, 0.5) is 8.78 Å². The molecule has 0 aromatic heterocycles. The standard InChI is InChI=1S/C9H8BrF2NO/c10-4-3-5(11)8(12)7(9(4)14)6-1-2-13-6/h3,6,13-14H,1-2H2/t6-/m0/s1. The summed E-state index contributed by atoms with van der Waals surface area (Å²) in [7, 11) is 0. The third-order valence-electron chi connectivity index (χ3n) is 2.35. The Labute approximate surface area is 88.1 Å². The lowest BCUT2D eigenvalue weighted by Gasteiger charge is -2.29. The summed E-state index contributed by atoms with van der Waals surface area (Å²) >= 11 is 2.97. The van der Waals surface area contributed by atoms with E-state index in [0.29, 0.717) is 6.42 Å². The minimum absolute atomic E-state index is 0.0168. The SMILES string of the molecule is Oc1c(Br)cc(F)c(F)c1[C@@H]1CCN1. The van der Waals surface area contributed by atoms with E-state index in [4.69, 9.17) is 0 Å². The zero-order valence-electron chi connectivity index (χ0n) is 7.15. The van der Waals surface area contributed by atoms with Crippen molar-refractivity contribution in [3.63, 3.8) is 0 Å². The normalized spacial score (nSPS) is 20.6. The summed E-state index contributed by atoms with van der Waals surface area (Å²) in [5.41, 5.74) is 0.0168. The van der Waals surface area contributed by atoms with E-state index in [0.717, 1.165) is 12.6 Å². The van der Waals surface area contributed by atoms with E-state index in [9.17, 15) is 13.9 Å². The lowest BCUT2D eigenvalue weighted by atomic mass is 9.96. The lowest BCUT2D eigenvalue weighted by Crippen LogP contribution is -2.35. The summed E-state index contributed by atoms with van der Waals surface area (Å²) in [5.74, 6) is -2.14. The second-order valence-corrected chi connectivity index (χ2v) is 4.07. The molecule has 1 aromatic carbocycles. The zero-order valence-corrected chi connectivity index (χ0v) is 8.74. The van der Waals surface area contributed by atoms with Crippen LogP contribution in [0, 0.1) is 11.6 Å². The Morgan fingerprint density at radius 1 is 1.50 bits per heavy atom. The Morgan fingerprint density at radius 2 is 2.14 bits per heavy atom. The van der Waals surface area contributed by atoms with Gasteiger partial charge in [0.05, 0.1) is 10.0 Å². The Morgan fingerprint density at radius 3 is 2.64 bits per heavy atom. The predicted octanol–water partition coefficient (Wildman–Crippen LogP) is 2.47. The number of phenols is 1. The second kappa shape index (κ2) is 3.47. The van der Waals surface area contributed by atoms with Crippen molar-refractivity contribution in [3.05, 3.63) is 27.7 Å². The third-order valence-corrected chi connectivity index (χ3v) is 2.96. The quantitative estimate of drug-likeness (QED) is 0.764. The van der Waals surface area contributed by atoms with Crippen LogP contribution in [0.1, 0.15) is 18.0 Å². The van der Waals surface area contributed by atoms with Crippen LogP contribution < -0.4 is 5.32 Å². The van der Waals surface area contributed by atoms with E-state index < -0.39 is 11.6 Å². The number of hydrogen-bond donors (Lipinski definition) is 2. The third kappa shape index (κ3) is 1.40. The van der Waals surface area contributed by atoms with Gasteiger partial charge in [-0.05, 0) is 35.0 Å². The minimum atomic E-state index is -0.970. The number of benzene rings is 1. The highest BCUT2D eigenvalue weighted by atomic mass is 79.9. The van der Waals surface area contributed by atoms with Gasteiger partial charge < -0.3 is 10.4 Å². The molecule has 0 aliphatic carbocycles. The van der Waals surface area contributed by atoms with Gasteiger partial charge in [-0.2, -0.15) is 0 Å². The van der Waals surface area contributed by atoms with Crippen molar-refractivity contribution in [1.29, 1.82) is 0 Å². The van der Waals surface area contributed by atoms with E-state index in [1.807, 2.05) is 0 Å². The maximum absolute atomic E-state index is 13.3. The summed E-state index contributed by atoms with van der Waals surface area (Å²) in [4.78, 5) is 0. The average Bonchev–Trinajstić information content (AvgIpc) is 2.06. The summed E-state index contributed by atoms with van der Waals surface area (Å²) in [5, 5.41) is 12.5. The van der Waals surface area contributed by atoms with E-state index in [-0.39, 0.29) is 21.8 Å². The molecule has 5 heteroatoms. The fraction of sp³-hybridized carbons (Fsp3) is 0.333. The topological polar surface area (TPSA) is 32.3 Å². The Bertz CT molecular complexity index is 353. The summed E-state index contributed by atoms with van der Waals surface area (Å²) in [6.45, 7) is 0.762. The van der Waals surface area contributed by atoms with Crippen LogP contribution >= 0.6 is 15.9 Å². The maximum atomic E-state index is 13.3. The molecule has 2 rings (SSSR count). The summed E-state index contributed by atoms with van der Waals surface area (Å²) in [6.07, 6.45) is 0.709. The highest BCUT2D eigenvalue weighted by Gasteiger charge is 2.28. The molecule has 14 heavy (non-hydrogen) atoms. The minimum Gasteiger partial charge on any atom is -0.506 e. The molecule has 2 nitrogen and oxygen atoms in total. The average molecular weight is 264 g/mol. The van der Waals surface area contributed by atoms with Gasteiger partial charge in [-0.25, -0.2) is 8.78 Å². The summed E-state index contributed by atoms with van der Waals surface area (Å²) in [6, 6.07) is 0.648. The monoisotopic (exact) mass is 263 g/mol. The van der Waals surface area contributed by atoms with Gasteiger partial charge >= 0.3 is 0 Å². The first-order chi connectivity index (χ1) is 6.61. The number of rotatable bonds is 1. The van der Waals surface area contributed by atoms with Crippen LogP contribution in [0.3, 0.4) is 0 Å². The van der Waals surface area contributed by atoms with Crippen molar-refractivity contribution in [2.45, 2.75) is 12.5 Å². The van der Waals surface area contributed by atoms with E-state index in [2.05, 4.69) is 21.2 Å². The molecule has 1 aromatic rings. The van der Waals surface area contributed by atoms with E-state index in [1.165, 1.54) is 0 Å². The Kier molecular flexibility index (Phi) is 2.45. The molecule has 1 aliphatic heterocycles. The van der Waals surface area contributed by atoms with Crippen LogP contribution in [-0.4, -0.2) is 11.7 Å². The van der Waals surface area contributed by atoms with Crippen molar-refractivity contribution in [2.24, 2.45) is 0 Å². The van der Waals surface area contributed by atoms with Gasteiger partial charge in [-0.1, -0.05) is 0 Å². The molecular formula is C9H8BrF2NO. The van der Waals surface area contributed by atoms with Gasteiger partial charge in [-0.3, -0.25) is 0 Å². The largest absolute Gasteiger partial charge is 0.506 e. The van der Waals surface area contributed by atoms with Gasteiger partial charge in [0.2, 0.25) is 0 Å². The first kappa shape index (κ1) is 9.86. The van der Waals surface area contributed by atoms with E-state index in [1.54, 1.807) is 0 Å². The Hall–Kier alpha value is -0.680. The summed E-state index contributed by atoms with van der Waals surface area (Å²) < 4.78 is 26.5. The first-order valence-electron chi connectivity index (χ1n) is 4.21. The van der Waals surface area contributed by atoms with Crippen molar-refractivity contribution >= 4 is 15.9 Å². The lowest BCUT2D eigenvalue weighted by molar-refractivity contribution is 0.342. The number of aromatic hydroxyl groups is 1. The number of nitrogens with one attached hydrogen (secondary N) is 1. The molecule has 0 bridgehead atoms. The molecular weight excluding hydrogens is 256 g/mol. The molecule has 2 N–H and O–H groups in total. The van der Waals surface area contributed by atoms with Crippen molar-refractivity contribution in [1.82, 2.24) is 5.32 Å². The number of phenolic OH excluding ortho intramolecular Hbond substituents is 1. The fourth-order valence-electron chi connectivity index (χ4n) is 1.46. The molecule has 1 saturated heterocycles. The fourth-order valence-corrected chi connectivity index (χ4v) is 1.87. The van der Waals surface area contributed by atoms with Crippen molar-refractivity contribution in [2.75, 3.05) is 6.54 Å². The van der Waals surface area contributed by atoms with Crippen LogP contribution in [0.15, 0.2) is 10.5 Å². The molecule has 1 atom stereocenters. The van der Waals surface area contributed by atoms with Crippen LogP contribution in [-0.2, 0) is 0 Å². The van der Waals surface area contributed by atoms with Crippen LogP contribution in [0.5, 0.6) is 5.75 Å². The highest BCUT2D eigenvalue weighted by molar-refractivity contribution is 9.10. The van der Waals surface area contributed by atoms with Gasteiger partial charge in [0.25, 0.3) is 0 Å². The Balaban J connectivity index is 2.54. The van der Waals surface area contributed by atoms with Crippen LogP contribution in [0.25, 0.3) is 0 Å². The van der Waals surface area contributed by atoms with Crippen molar-refractivity contribution in [3.8, 4) is 5.75 Å². The van der Waals surface area contributed by atoms with Crippen molar-refractivity contribution < 1.29 is 13.9 Å². The number of hydrogen-bond acceptors (Lipinski definition) is 2. The smallest absolute Gasteiger partial charge is 0.167 e. The molecule has 76 valence electrons. The van der Waals surface area contributed by atoms with Gasteiger partial charge in [0.15, 0.2) is 11.6 Å². The highest BCUT2D eigenvalue weighted by Crippen LogP contribution is 2.38. The van der Waals surface area contributed by atoms with Gasteiger partial charge in [-0.15, -0.1) is 0 Å². The molecule has 0 saturated carbocycles. The van der Waals surface area contributed by atoms with Crippen LogP contribution in [0.2, 0.25) is 0 Å². The molecule has 1 aliphatic rings. The molecule has 0 amide bonds. The molecule has 0 radical (unpaired) electrons. The molecule has 1 heterocycles. The van der Waals surface area contributed by atoms with E-state index >= 15 is 0 Å². The number of halogens is 3. The first-order valence-corrected chi connectivity index (χ1v) is 5.00. The maximum Gasteiger partial charge on any atom is 0.167 e. The van der Waals surface area contributed by atoms with Gasteiger partial charge in [0, 0.05) is 6.04 Å². The molecule has 1 fully saturated rings. The molecule has 0 unspecified atom stereocenters. The predicted molar refractivity (Wildman–Crippen MR) is 51.1 cm³/mol. The second-order valence-electron chi connectivity index (χ2n) is 3.21. The molecule has 0 spiro atoms.